The van der Waals surface area contributed by atoms with Crippen LogP contribution in [0.2, 0.25) is 0 Å². The molecule has 0 aliphatic carbocycles. The number of aromatic nitrogens is 2. The molecule has 2 aromatic carbocycles. The summed E-state index contributed by atoms with van der Waals surface area (Å²) in [6.45, 7) is 2.23. The molecule has 0 unspecified atom stereocenters. The van der Waals surface area contributed by atoms with Gasteiger partial charge in [0, 0.05) is 11.3 Å². The van der Waals surface area contributed by atoms with E-state index in [4.69, 9.17) is 4.74 Å². The number of nitrogens with zero attached hydrogens (tertiary/aromatic N) is 1. The monoisotopic (exact) mass is 364 g/mol. The molecule has 1 amide bonds. The average Bonchev–Trinajstić information content (AvgIpc) is 3.00. The molecule has 3 rings (SSSR count). The number of hydrazone groups is 1. The van der Waals surface area contributed by atoms with Gasteiger partial charge in [-0.3, -0.25) is 14.7 Å². The van der Waals surface area contributed by atoms with Crippen LogP contribution < -0.4 is 15.7 Å². The molecule has 0 aliphatic heterocycles. The first-order valence-electron chi connectivity index (χ1n) is 8.46. The quantitative estimate of drug-likeness (QED) is 0.443. The number of carbonyl (C=O) groups is 1. The summed E-state index contributed by atoms with van der Waals surface area (Å²) < 4.78 is 5.72. The Morgan fingerprint density at radius 1 is 1.11 bits per heavy atom. The van der Waals surface area contributed by atoms with Crippen molar-refractivity contribution in [3.05, 3.63) is 87.3 Å². The maximum Gasteiger partial charge on any atom is 0.267 e. The van der Waals surface area contributed by atoms with E-state index in [9.17, 15) is 9.59 Å². The largest absolute Gasteiger partial charge is 0.489 e. The first-order valence-corrected chi connectivity index (χ1v) is 8.46. The Morgan fingerprint density at radius 3 is 2.52 bits per heavy atom. The summed E-state index contributed by atoms with van der Waals surface area (Å²) in [6.07, 6.45) is 1.50. The van der Waals surface area contributed by atoms with Crippen molar-refractivity contribution in [1.29, 1.82) is 0 Å². The zero-order valence-electron chi connectivity index (χ0n) is 14.9. The minimum Gasteiger partial charge on any atom is -0.489 e. The van der Waals surface area contributed by atoms with Crippen molar-refractivity contribution < 1.29 is 9.53 Å². The summed E-state index contributed by atoms with van der Waals surface area (Å²) in [6, 6.07) is 17.3. The van der Waals surface area contributed by atoms with Crippen molar-refractivity contribution in [2.75, 3.05) is 0 Å². The molecule has 0 saturated heterocycles. The number of hydrogen-bond donors (Lipinski definition) is 3. The van der Waals surface area contributed by atoms with Crippen molar-refractivity contribution in [3.8, 4) is 5.75 Å². The molecule has 3 aromatic rings. The van der Waals surface area contributed by atoms with Crippen LogP contribution in [0, 0.1) is 6.92 Å². The van der Waals surface area contributed by atoms with Crippen molar-refractivity contribution in [2.45, 2.75) is 20.0 Å². The summed E-state index contributed by atoms with van der Waals surface area (Å²) in [5, 5.41) is 9.04. The number of amides is 1. The number of H-pyrrole nitrogens is 2. The molecular formula is C20H20N4O3. The maximum absolute atomic E-state index is 11.9. The van der Waals surface area contributed by atoms with E-state index >= 15 is 0 Å². The highest BCUT2D eigenvalue weighted by Crippen LogP contribution is 2.13. The molecule has 3 N–H and O–H groups in total. The number of carbonyl (C=O) groups excluding carboxylic acids is 1. The molecule has 138 valence electrons. The molecule has 1 aromatic heterocycles. The topological polar surface area (TPSA) is 99.3 Å². The molecule has 0 saturated carbocycles. The minimum atomic E-state index is -0.359. The van der Waals surface area contributed by atoms with Crippen LogP contribution in [0.25, 0.3) is 0 Å². The molecule has 1 heterocycles. The first-order chi connectivity index (χ1) is 13.1. The SMILES string of the molecule is Cc1[nH][nH]c(=O)c1CC(=O)N/N=C/c1ccc(OCc2ccccc2)cc1. The Balaban J connectivity index is 1.49. The van der Waals surface area contributed by atoms with E-state index in [0.29, 0.717) is 17.9 Å². The van der Waals surface area contributed by atoms with Gasteiger partial charge in [-0.2, -0.15) is 5.10 Å². The third-order valence-corrected chi connectivity index (χ3v) is 3.96. The van der Waals surface area contributed by atoms with Gasteiger partial charge in [-0.15, -0.1) is 0 Å². The van der Waals surface area contributed by atoms with Gasteiger partial charge in [0.25, 0.3) is 5.56 Å². The van der Waals surface area contributed by atoms with Crippen LogP contribution in [0.4, 0.5) is 0 Å². The van der Waals surface area contributed by atoms with Gasteiger partial charge in [0.15, 0.2) is 0 Å². The Morgan fingerprint density at radius 2 is 1.85 bits per heavy atom. The Labute approximate surface area is 156 Å². The van der Waals surface area contributed by atoms with Crippen LogP contribution in [0.3, 0.4) is 0 Å². The second-order valence-electron chi connectivity index (χ2n) is 6.00. The lowest BCUT2D eigenvalue weighted by molar-refractivity contribution is -0.120. The van der Waals surface area contributed by atoms with Crippen molar-refractivity contribution in [2.24, 2.45) is 5.10 Å². The van der Waals surface area contributed by atoms with Crippen LogP contribution in [0.5, 0.6) is 5.75 Å². The molecule has 0 fully saturated rings. The summed E-state index contributed by atoms with van der Waals surface area (Å²) in [5.74, 6) is 0.393. The lowest BCUT2D eigenvalue weighted by Gasteiger charge is -2.06. The number of benzene rings is 2. The van der Waals surface area contributed by atoms with Gasteiger partial charge in [-0.05, 0) is 42.3 Å². The molecule has 0 atom stereocenters. The molecule has 0 spiro atoms. The van der Waals surface area contributed by atoms with E-state index in [2.05, 4.69) is 20.7 Å². The number of hydrogen-bond acceptors (Lipinski definition) is 4. The van der Waals surface area contributed by atoms with E-state index in [1.807, 2.05) is 54.6 Å². The number of rotatable bonds is 7. The second kappa shape index (κ2) is 8.66. The van der Waals surface area contributed by atoms with Crippen molar-refractivity contribution in [1.82, 2.24) is 15.6 Å². The zero-order valence-corrected chi connectivity index (χ0v) is 14.9. The third kappa shape index (κ3) is 5.18. The lowest BCUT2D eigenvalue weighted by Crippen LogP contribution is -2.23. The van der Waals surface area contributed by atoms with Gasteiger partial charge >= 0.3 is 0 Å². The molecule has 0 bridgehead atoms. The normalized spacial score (nSPS) is 10.9. The van der Waals surface area contributed by atoms with E-state index in [1.54, 1.807) is 6.92 Å². The number of aryl methyl sites for hydroxylation is 1. The van der Waals surface area contributed by atoms with Crippen LogP contribution in [-0.4, -0.2) is 22.3 Å². The van der Waals surface area contributed by atoms with E-state index < -0.39 is 0 Å². The molecule has 27 heavy (non-hydrogen) atoms. The second-order valence-corrected chi connectivity index (χ2v) is 6.00. The highest BCUT2D eigenvalue weighted by Gasteiger charge is 2.10. The standard InChI is InChI=1S/C20H20N4O3/c1-14-18(20(26)24-22-14)11-19(25)23-21-12-15-7-9-17(10-8-15)27-13-16-5-3-2-4-6-16/h2-10,12H,11,13H2,1H3,(H,23,25)(H2,22,24,26)/b21-12+. The van der Waals surface area contributed by atoms with Crippen LogP contribution in [0.15, 0.2) is 64.5 Å². The summed E-state index contributed by atoms with van der Waals surface area (Å²) in [7, 11) is 0. The summed E-state index contributed by atoms with van der Waals surface area (Å²) in [5.41, 5.74) is 5.09. The first kappa shape index (κ1) is 18.2. The number of nitrogens with one attached hydrogen (secondary N) is 3. The Hall–Kier alpha value is -3.61. The lowest BCUT2D eigenvalue weighted by atomic mass is 10.2. The van der Waals surface area contributed by atoms with Gasteiger partial charge in [0.1, 0.15) is 12.4 Å². The van der Waals surface area contributed by atoms with Crippen LogP contribution in [-0.2, 0) is 17.8 Å². The van der Waals surface area contributed by atoms with Gasteiger partial charge < -0.3 is 9.84 Å². The maximum atomic E-state index is 11.9. The van der Waals surface area contributed by atoms with Gasteiger partial charge in [0.05, 0.1) is 12.6 Å². The Kier molecular flexibility index (Phi) is 5.84. The van der Waals surface area contributed by atoms with Gasteiger partial charge in [-0.1, -0.05) is 30.3 Å². The van der Waals surface area contributed by atoms with E-state index in [1.165, 1.54) is 6.21 Å². The Bertz CT molecular complexity index is 972. The molecular weight excluding hydrogens is 344 g/mol. The zero-order chi connectivity index (χ0) is 19.1. The fourth-order valence-corrected chi connectivity index (χ4v) is 2.45. The highest BCUT2D eigenvalue weighted by atomic mass is 16.5. The minimum absolute atomic E-state index is 0.0335. The van der Waals surface area contributed by atoms with Gasteiger partial charge in [0.2, 0.25) is 5.91 Å². The molecule has 7 nitrogen and oxygen atoms in total. The van der Waals surface area contributed by atoms with Crippen molar-refractivity contribution in [3.63, 3.8) is 0 Å². The molecule has 7 heteroatoms. The average molecular weight is 364 g/mol. The third-order valence-electron chi connectivity index (χ3n) is 3.96. The van der Waals surface area contributed by atoms with Crippen LogP contribution >= 0.6 is 0 Å². The fraction of sp³-hybridized carbons (Fsp3) is 0.150. The van der Waals surface area contributed by atoms with Crippen molar-refractivity contribution >= 4 is 12.1 Å². The molecule has 0 aliphatic rings. The summed E-state index contributed by atoms with van der Waals surface area (Å²) in [4.78, 5) is 23.4. The molecule has 0 radical (unpaired) electrons. The fourth-order valence-electron chi connectivity index (χ4n) is 2.45. The number of aromatic amines is 2. The van der Waals surface area contributed by atoms with Gasteiger partial charge in [-0.25, -0.2) is 5.43 Å². The summed E-state index contributed by atoms with van der Waals surface area (Å²) >= 11 is 0. The predicted octanol–water partition coefficient (Wildman–Crippen LogP) is 2.28. The van der Waals surface area contributed by atoms with E-state index in [-0.39, 0.29) is 17.9 Å². The smallest absolute Gasteiger partial charge is 0.267 e. The van der Waals surface area contributed by atoms with E-state index in [0.717, 1.165) is 16.9 Å². The number of ether oxygens (including phenoxy) is 1. The predicted molar refractivity (Wildman–Crippen MR) is 103 cm³/mol. The highest BCUT2D eigenvalue weighted by molar-refractivity contribution is 5.83. The van der Waals surface area contributed by atoms with Crippen LogP contribution in [0.1, 0.15) is 22.4 Å².